The van der Waals surface area contributed by atoms with Crippen LogP contribution in [0.2, 0.25) is 0 Å². The van der Waals surface area contributed by atoms with E-state index in [1.807, 2.05) is 13.8 Å². The lowest BCUT2D eigenvalue weighted by Crippen LogP contribution is -2.28. The van der Waals surface area contributed by atoms with Crippen molar-refractivity contribution in [2.45, 2.75) is 26.3 Å². The summed E-state index contributed by atoms with van der Waals surface area (Å²) in [5.74, 6) is 0.633. The first-order chi connectivity index (χ1) is 7.56. The van der Waals surface area contributed by atoms with Gasteiger partial charge in [-0.25, -0.2) is 9.37 Å². The van der Waals surface area contributed by atoms with E-state index in [-0.39, 0.29) is 11.9 Å². The summed E-state index contributed by atoms with van der Waals surface area (Å²) in [5, 5.41) is 0. The van der Waals surface area contributed by atoms with E-state index < -0.39 is 0 Å². The summed E-state index contributed by atoms with van der Waals surface area (Å²) in [6.07, 6.45) is 0.577. The molecule has 1 atom stereocenters. The first-order valence-corrected chi connectivity index (χ1v) is 5.37. The van der Waals surface area contributed by atoms with Crippen molar-refractivity contribution in [3.05, 3.63) is 29.9 Å². The normalized spacial score (nSPS) is 13.6. The highest BCUT2D eigenvalue weighted by molar-refractivity contribution is 5.72. The maximum absolute atomic E-state index is 12.9. The van der Waals surface area contributed by atoms with E-state index in [4.69, 9.17) is 10.2 Å². The minimum absolute atomic E-state index is 0.0120. The van der Waals surface area contributed by atoms with Crippen LogP contribution in [0.5, 0.6) is 0 Å². The third-order valence-corrected chi connectivity index (χ3v) is 2.66. The van der Waals surface area contributed by atoms with Gasteiger partial charge >= 0.3 is 0 Å². The van der Waals surface area contributed by atoms with Gasteiger partial charge in [0.2, 0.25) is 0 Å². The Morgan fingerprint density at radius 2 is 2.19 bits per heavy atom. The molecule has 0 saturated heterocycles. The largest absolute Gasteiger partial charge is 0.441 e. The summed E-state index contributed by atoms with van der Waals surface area (Å²) >= 11 is 0. The molecule has 3 nitrogen and oxygen atoms in total. The van der Waals surface area contributed by atoms with Crippen molar-refractivity contribution in [3.63, 3.8) is 0 Å². The molecule has 4 heteroatoms. The highest BCUT2D eigenvalue weighted by atomic mass is 19.1. The Balaban J connectivity index is 2.26. The molecule has 0 aliphatic carbocycles. The predicted molar refractivity (Wildman–Crippen MR) is 60.5 cm³/mol. The molecule has 1 aromatic carbocycles. The molecule has 0 aliphatic rings. The summed E-state index contributed by atoms with van der Waals surface area (Å²) in [6.45, 7) is 4.10. The smallest absolute Gasteiger partial charge is 0.197 e. The van der Waals surface area contributed by atoms with Gasteiger partial charge in [0.25, 0.3) is 0 Å². The lowest BCUT2D eigenvalue weighted by atomic mass is 10.0. The third-order valence-electron chi connectivity index (χ3n) is 2.66. The summed E-state index contributed by atoms with van der Waals surface area (Å²) in [6, 6.07) is 4.32. The molecule has 0 radical (unpaired) electrons. The molecule has 0 fully saturated rings. The van der Waals surface area contributed by atoms with Crippen molar-refractivity contribution >= 4 is 11.1 Å². The molecule has 0 spiro atoms. The summed E-state index contributed by atoms with van der Waals surface area (Å²) in [5.41, 5.74) is 7.08. The van der Waals surface area contributed by atoms with Crippen LogP contribution in [0.4, 0.5) is 4.39 Å². The standard InChI is InChI=1S/C12H15FN2O/c1-7(2)9(14)6-12-15-10-5-8(13)3-4-11(10)16-12/h3-5,7,9H,6,14H2,1-2H3. The zero-order valence-electron chi connectivity index (χ0n) is 9.40. The van der Waals surface area contributed by atoms with Crippen LogP contribution < -0.4 is 5.73 Å². The molecule has 86 valence electrons. The molecular formula is C12H15FN2O. The van der Waals surface area contributed by atoms with E-state index in [9.17, 15) is 4.39 Å². The Labute approximate surface area is 93.5 Å². The molecule has 0 saturated carbocycles. The zero-order valence-corrected chi connectivity index (χ0v) is 9.40. The van der Waals surface area contributed by atoms with E-state index in [0.29, 0.717) is 29.3 Å². The van der Waals surface area contributed by atoms with Gasteiger partial charge in [0, 0.05) is 18.5 Å². The number of benzene rings is 1. The Morgan fingerprint density at radius 3 is 2.88 bits per heavy atom. The number of nitrogens with zero attached hydrogens (tertiary/aromatic N) is 1. The Kier molecular flexibility index (Phi) is 2.92. The van der Waals surface area contributed by atoms with Gasteiger partial charge in [0.15, 0.2) is 11.5 Å². The molecular weight excluding hydrogens is 207 g/mol. The van der Waals surface area contributed by atoms with Crippen molar-refractivity contribution in [2.75, 3.05) is 0 Å². The number of aromatic nitrogens is 1. The van der Waals surface area contributed by atoms with E-state index in [0.717, 1.165) is 0 Å². The fraction of sp³-hybridized carbons (Fsp3) is 0.417. The molecule has 2 rings (SSSR count). The number of halogens is 1. The highest BCUT2D eigenvalue weighted by Crippen LogP contribution is 2.18. The van der Waals surface area contributed by atoms with E-state index in [1.54, 1.807) is 6.07 Å². The van der Waals surface area contributed by atoms with Gasteiger partial charge in [0.05, 0.1) is 0 Å². The molecule has 2 aromatic rings. The second-order valence-corrected chi connectivity index (χ2v) is 4.33. The van der Waals surface area contributed by atoms with Crippen LogP contribution in [-0.2, 0) is 6.42 Å². The van der Waals surface area contributed by atoms with Crippen LogP contribution in [0, 0.1) is 11.7 Å². The molecule has 0 bridgehead atoms. The lowest BCUT2D eigenvalue weighted by Gasteiger charge is -2.12. The molecule has 16 heavy (non-hydrogen) atoms. The Bertz CT molecular complexity index is 493. The Morgan fingerprint density at radius 1 is 1.44 bits per heavy atom. The van der Waals surface area contributed by atoms with Gasteiger partial charge in [-0.3, -0.25) is 0 Å². The number of rotatable bonds is 3. The van der Waals surface area contributed by atoms with Crippen molar-refractivity contribution < 1.29 is 8.81 Å². The SMILES string of the molecule is CC(C)C(N)Cc1nc2cc(F)ccc2o1. The van der Waals surface area contributed by atoms with Crippen LogP contribution in [-0.4, -0.2) is 11.0 Å². The van der Waals surface area contributed by atoms with Crippen molar-refractivity contribution in [1.82, 2.24) is 4.98 Å². The van der Waals surface area contributed by atoms with Crippen LogP contribution >= 0.6 is 0 Å². The molecule has 1 aromatic heterocycles. The average molecular weight is 222 g/mol. The summed E-state index contributed by atoms with van der Waals surface area (Å²) in [4.78, 5) is 4.21. The van der Waals surface area contributed by atoms with Gasteiger partial charge in [-0.1, -0.05) is 13.8 Å². The van der Waals surface area contributed by atoms with Gasteiger partial charge in [-0.15, -0.1) is 0 Å². The van der Waals surface area contributed by atoms with E-state index in [1.165, 1.54) is 12.1 Å². The average Bonchev–Trinajstić information content (AvgIpc) is 2.58. The first-order valence-electron chi connectivity index (χ1n) is 5.37. The van der Waals surface area contributed by atoms with Crippen molar-refractivity contribution in [1.29, 1.82) is 0 Å². The fourth-order valence-corrected chi connectivity index (χ4v) is 1.47. The van der Waals surface area contributed by atoms with Crippen LogP contribution in [0.15, 0.2) is 22.6 Å². The monoisotopic (exact) mass is 222 g/mol. The number of hydrogen-bond donors (Lipinski definition) is 1. The number of hydrogen-bond acceptors (Lipinski definition) is 3. The van der Waals surface area contributed by atoms with Crippen molar-refractivity contribution in [2.24, 2.45) is 11.7 Å². The quantitative estimate of drug-likeness (QED) is 0.868. The maximum Gasteiger partial charge on any atom is 0.197 e. The van der Waals surface area contributed by atoms with Gasteiger partial charge in [-0.05, 0) is 18.1 Å². The van der Waals surface area contributed by atoms with Crippen LogP contribution in [0.3, 0.4) is 0 Å². The predicted octanol–water partition coefficient (Wildman–Crippen LogP) is 2.49. The topological polar surface area (TPSA) is 52.0 Å². The minimum atomic E-state index is -0.305. The molecule has 0 aliphatic heterocycles. The zero-order chi connectivity index (χ0) is 11.7. The Hall–Kier alpha value is -1.42. The van der Waals surface area contributed by atoms with Crippen molar-refractivity contribution in [3.8, 4) is 0 Å². The number of fused-ring (bicyclic) bond motifs is 1. The number of nitrogens with two attached hydrogens (primary N) is 1. The highest BCUT2D eigenvalue weighted by Gasteiger charge is 2.13. The summed E-state index contributed by atoms with van der Waals surface area (Å²) in [7, 11) is 0. The van der Waals surface area contributed by atoms with Gasteiger partial charge in [-0.2, -0.15) is 0 Å². The van der Waals surface area contributed by atoms with E-state index in [2.05, 4.69) is 4.98 Å². The molecule has 1 heterocycles. The van der Waals surface area contributed by atoms with Crippen LogP contribution in [0.1, 0.15) is 19.7 Å². The first kappa shape index (κ1) is 11.1. The molecule has 2 N–H and O–H groups in total. The van der Waals surface area contributed by atoms with Gasteiger partial charge in [0.1, 0.15) is 11.3 Å². The molecule has 0 amide bonds. The minimum Gasteiger partial charge on any atom is -0.441 e. The van der Waals surface area contributed by atoms with Crippen LogP contribution in [0.25, 0.3) is 11.1 Å². The second kappa shape index (κ2) is 4.22. The summed E-state index contributed by atoms with van der Waals surface area (Å²) < 4.78 is 18.4. The van der Waals surface area contributed by atoms with Gasteiger partial charge < -0.3 is 10.2 Å². The van der Waals surface area contributed by atoms with E-state index >= 15 is 0 Å². The maximum atomic E-state index is 12.9. The number of oxazole rings is 1. The third kappa shape index (κ3) is 2.22. The fourth-order valence-electron chi connectivity index (χ4n) is 1.47. The lowest BCUT2D eigenvalue weighted by molar-refractivity contribution is 0.433. The second-order valence-electron chi connectivity index (χ2n) is 4.33. The molecule has 1 unspecified atom stereocenters.